The molecule has 0 unspecified atom stereocenters. The van der Waals surface area contributed by atoms with Crippen molar-refractivity contribution in [2.75, 3.05) is 13.2 Å². The predicted octanol–water partition coefficient (Wildman–Crippen LogP) is 1.63. The molecule has 0 amide bonds. The largest absolute Gasteiger partial charge is 0.504 e. The second-order valence-corrected chi connectivity index (χ2v) is 4.26. The highest BCUT2D eigenvalue weighted by atomic mass is 16.5. The van der Waals surface area contributed by atoms with Crippen molar-refractivity contribution in [1.29, 1.82) is 0 Å². The molecule has 1 aromatic heterocycles. The molecular formula is C11H18N2O2. The zero-order valence-electron chi connectivity index (χ0n) is 9.36. The lowest BCUT2D eigenvalue weighted by Gasteiger charge is -2.22. The third-order valence-corrected chi connectivity index (χ3v) is 3.12. The lowest BCUT2D eigenvalue weighted by molar-refractivity contribution is 0.0599. The molecule has 0 bridgehead atoms. The van der Waals surface area contributed by atoms with Gasteiger partial charge in [0.25, 0.3) is 0 Å². The Morgan fingerprint density at radius 2 is 2.07 bits per heavy atom. The van der Waals surface area contributed by atoms with E-state index in [0.717, 1.165) is 44.0 Å². The van der Waals surface area contributed by atoms with Gasteiger partial charge in [0, 0.05) is 19.8 Å². The lowest BCUT2D eigenvalue weighted by Crippen LogP contribution is -2.21. The summed E-state index contributed by atoms with van der Waals surface area (Å²) in [4.78, 5) is 0. The Hall–Kier alpha value is -1.03. The Bertz CT molecular complexity index is 341. The molecule has 1 fully saturated rings. The quantitative estimate of drug-likeness (QED) is 0.807. The molecule has 4 nitrogen and oxygen atoms in total. The van der Waals surface area contributed by atoms with Crippen molar-refractivity contribution in [2.24, 2.45) is 5.92 Å². The molecule has 4 heteroatoms. The van der Waals surface area contributed by atoms with Gasteiger partial charge < -0.3 is 9.84 Å². The average Bonchev–Trinajstić information content (AvgIpc) is 2.48. The molecule has 2 rings (SSSR count). The first kappa shape index (κ1) is 10.5. The highest BCUT2D eigenvalue weighted by Gasteiger charge is 2.17. The van der Waals surface area contributed by atoms with E-state index in [4.69, 9.17) is 4.74 Å². The second-order valence-electron chi connectivity index (χ2n) is 4.26. The SMILES string of the molecule is Cc1nn(CC2CCOCC2)c(C)c1O. The monoisotopic (exact) mass is 210 g/mol. The third-order valence-electron chi connectivity index (χ3n) is 3.12. The standard InChI is InChI=1S/C11H18N2O2/c1-8-11(14)9(2)13(12-8)7-10-3-5-15-6-4-10/h10,14H,3-7H2,1-2H3. The predicted molar refractivity (Wildman–Crippen MR) is 56.9 cm³/mol. The van der Waals surface area contributed by atoms with Gasteiger partial charge in [0.2, 0.25) is 0 Å². The molecule has 2 heterocycles. The van der Waals surface area contributed by atoms with Gasteiger partial charge in [0.1, 0.15) is 5.69 Å². The lowest BCUT2D eigenvalue weighted by atomic mass is 10.0. The number of rotatable bonds is 2. The van der Waals surface area contributed by atoms with Crippen LogP contribution >= 0.6 is 0 Å². The van der Waals surface area contributed by atoms with Crippen LogP contribution in [0.1, 0.15) is 24.2 Å². The maximum atomic E-state index is 9.65. The van der Waals surface area contributed by atoms with Gasteiger partial charge in [0.15, 0.2) is 5.75 Å². The van der Waals surface area contributed by atoms with Crippen LogP contribution in [-0.2, 0) is 11.3 Å². The average molecular weight is 210 g/mol. The van der Waals surface area contributed by atoms with Gasteiger partial charge >= 0.3 is 0 Å². The fraction of sp³-hybridized carbons (Fsp3) is 0.727. The van der Waals surface area contributed by atoms with Crippen molar-refractivity contribution in [3.05, 3.63) is 11.4 Å². The van der Waals surface area contributed by atoms with E-state index < -0.39 is 0 Å². The second kappa shape index (κ2) is 4.23. The molecular weight excluding hydrogens is 192 g/mol. The summed E-state index contributed by atoms with van der Waals surface area (Å²) in [6.45, 7) is 6.36. The summed E-state index contributed by atoms with van der Waals surface area (Å²) in [5.41, 5.74) is 1.60. The van der Waals surface area contributed by atoms with E-state index in [-0.39, 0.29) is 0 Å². The zero-order chi connectivity index (χ0) is 10.8. The minimum Gasteiger partial charge on any atom is -0.504 e. The van der Waals surface area contributed by atoms with E-state index >= 15 is 0 Å². The Balaban J connectivity index is 2.06. The van der Waals surface area contributed by atoms with Gasteiger partial charge in [-0.2, -0.15) is 5.10 Å². The number of hydrogen-bond donors (Lipinski definition) is 1. The Labute approximate surface area is 89.9 Å². The van der Waals surface area contributed by atoms with Crippen LogP contribution in [0, 0.1) is 19.8 Å². The fourth-order valence-electron chi connectivity index (χ4n) is 2.04. The molecule has 0 aromatic carbocycles. The Morgan fingerprint density at radius 1 is 1.40 bits per heavy atom. The van der Waals surface area contributed by atoms with Crippen LogP contribution in [0.5, 0.6) is 5.75 Å². The van der Waals surface area contributed by atoms with Crippen LogP contribution < -0.4 is 0 Å². The minimum atomic E-state index is 0.335. The number of ether oxygens (including phenoxy) is 1. The van der Waals surface area contributed by atoms with Crippen LogP contribution in [0.15, 0.2) is 0 Å². The molecule has 0 radical (unpaired) electrons. The summed E-state index contributed by atoms with van der Waals surface area (Å²) in [6, 6.07) is 0. The van der Waals surface area contributed by atoms with Crippen molar-refractivity contribution in [2.45, 2.75) is 33.2 Å². The van der Waals surface area contributed by atoms with Gasteiger partial charge in [0.05, 0.1) is 5.69 Å². The summed E-state index contributed by atoms with van der Waals surface area (Å²) in [7, 11) is 0. The van der Waals surface area contributed by atoms with E-state index in [1.54, 1.807) is 0 Å². The third kappa shape index (κ3) is 2.15. The first-order valence-electron chi connectivity index (χ1n) is 5.49. The molecule has 0 saturated carbocycles. The summed E-state index contributed by atoms with van der Waals surface area (Å²) in [5, 5.41) is 14.0. The Morgan fingerprint density at radius 3 is 2.60 bits per heavy atom. The zero-order valence-corrected chi connectivity index (χ0v) is 9.36. The van der Waals surface area contributed by atoms with Crippen molar-refractivity contribution in [1.82, 2.24) is 9.78 Å². The molecule has 1 aliphatic heterocycles. The van der Waals surface area contributed by atoms with Gasteiger partial charge in [-0.3, -0.25) is 4.68 Å². The van der Waals surface area contributed by atoms with Gasteiger partial charge in [-0.15, -0.1) is 0 Å². The molecule has 1 saturated heterocycles. The van der Waals surface area contributed by atoms with E-state index in [9.17, 15) is 5.11 Å². The van der Waals surface area contributed by atoms with E-state index in [1.165, 1.54) is 0 Å². The Kier molecular flexibility index (Phi) is 2.95. The smallest absolute Gasteiger partial charge is 0.159 e. The van der Waals surface area contributed by atoms with Crippen LogP contribution in [0.4, 0.5) is 0 Å². The summed E-state index contributed by atoms with van der Waals surface area (Å²) < 4.78 is 7.23. The fourth-order valence-corrected chi connectivity index (χ4v) is 2.04. The number of aryl methyl sites for hydroxylation is 1. The molecule has 15 heavy (non-hydrogen) atoms. The molecule has 0 spiro atoms. The molecule has 0 aliphatic carbocycles. The summed E-state index contributed by atoms with van der Waals surface area (Å²) >= 11 is 0. The van der Waals surface area contributed by atoms with E-state index in [1.807, 2.05) is 18.5 Å². The minimum absolute atomic E-state index is 0.335. The van der Waals surface area contributed by atoms with Crippen molar-refractivity contribution < 1.29 is 9.84 Å². The normalized spacial score (nSPS) is 18.3. The number of aromatic hydroxyl groups is 1. The van der Waals surface area contributed by atoms with Crippen LogP contribution in [0.25, 0.3) is 0 Å². The van der Waals surface area contributed by atoms with Crippen LogP contribution in [-0.4, -0.2) is 28.1 Å². The molecule has 84 valence electrons. The first-order valence-corrected chi connectivity index (χ1v) is 5.49. The van der Waals surface area contributed by atoms with E-state index in [0.29, 0.717) is 11.7 Å². The number of nitrogens with zero attached hydrogens (tertiary/aromatic N) is 2. The van der Waals surface area contributed by atoms with Crippen LogP contribution in [0.3, 0.4) is 0 Å². The molecule has 1 aliphatic rings. The summed E-state index contributed by atoms with van der Waals surface area (Å²) in [5.74, 6) is 0.971. The van der Waals surface area contributed by atoms with Crippen molar-refractivity contribution in [3.8, 4) is 5.75 Å². The number of hydrogen-bond acceptors (Lipinski definition) is 3. The topological polar surface area (TPSA) is 47.3 Å². The summed E-state index contributed by atoms with van der Waals surface area (Å²) in [6.07, 6.45) is 2.19. The van der Waals surface area contributed by atoms with Gasteiger partial charge in [-0.25, -0.2) is 0 Å². The van der Waals surface area contributed by atoms with Gasteiger partial charge in [-0.05, 0) is 32.6 Å². The maximum Gasteiger partial charge on any atom is 0.159 e. The first-order chi connectivity index (χ1) is 7.18. The number of aromatic nitrogens is 2. The molecule has 0 atom stereocenters. The highest BCUT2D eigenvalue weighted by Crippen LogP contribution is 2.23. The maximum absolute atomic E-state index is 9.65. The molecule has 1 N–H and O–H groups in total. The van der Waals surface area contributed by atoms with Crippen molar-refractivity contribution in [3.63, 3.8) is 0 Å². The molecule has 1 aromatic rings. The van der Waals surface area contributed by atoms with Crippen LogP contribution in [0.2, 0.25) is 0 Å². The highest BCUT2D eigenvalue weighted by molar-refractivity contribution is 5.29. The van der Waals surface area contributed by atoms with E-state index in [2.05, 4.69) is 5.10 Å². The van der Waals surface area contributed by atoms with Crippen molar-refractivity contribution >= 4 is 0 Å². The van der Waals surface area contributed by atoms with Gasteiger partial charge in [-0.1, -0.05) is 0 Å².